The van der Waals surface area contributed by atoms with Crippen LogP contribution in [0.1, 0.15) is 28.9 Å². The van der Waals surface area contributed by atoms with E-state index in [1.165, 1.54) is 30.3 Å². The van der Waals surface area contributed by atoms with Crippen LogP contribution in [0.3, 0.4) is 0 Å². The fraction of sp³-hybridized carbons (Fsp3) is 0.188. The molecule has 2 rings (SSSR count). The van der Waals surface area contributed by atoms with E-state index in [1.807, 2.05) is 0 Å². The van der Waals surface area contributed by atoms with Gasteiger partial charge < -0.3 is 5.32 Å². The lowest BCUT2D eigenvalue weighted by Crippen LogP contribution is -2.26. The summed E-state index contributed by atoms with van der Waals surface area (Å²) in [7, 11) is -3.51. The molecule has 0 aromatic heterocycles. The van der Waals surface area contributed by atoms with Gasteiger partial charge in [0.1, 0.15) is 5.82 Å². The molecule has 128 valence electrons. The molecule has 0 saturated carbocycles. The van der Waals surface area contributed by atoms with E-state index in [0.29, 0.717) is 0 Å². The minimum absolute atomic E-state index is 0.126. The molecule has 0 unspecified atom stereocenters. The van der Waals surface area contributed by atoms with E-state index in [4.69, 9.17) is 11.6 Å². The lowest BCUT2D eigenvalue weighted by atomic mass is 10.1. The molecule has 0 radical (unpaired) electrons. The maximum absolute atomic E-state index is 12.9. The summed E-state index contributed by atoms with van der Waals surface area (Å²) in [6.45, 7) is 1.76. The first kappa shape index (κ1) is 18.2. The highest BCUT2D eigenvalue weighted by Crippen LogP contribution is 2.24. The molecular formula is C16H16ClFN2O3S. The van der Waals surface area contributed by atoms with Gasteiger partial charge in [-0.15, -0.1) is 0 Å². The molecule has 0 bridgehead atoms. The van der Waals surface area contributed by atoms with Crippen LogP contribution in [0, 0.1) is 5.82 Å². The highest BCUT2D eigenvalue weighted by molar-refractivity contribution is 7.92. The van der Waals surface area contributed by atoms with Crippen LogP contribution in [0.4, 0.5) is 10.1 Å². The van der Waals surface area contributed by atoms with E-state index in [2.05, 4.69) is 10.0 Å². The summed E-state index contributed by atoms with van der Waals surface area (Å²) in [6, 6.07) is 9.73. The second kappa shape index (κ2) is 7.19. The quantitative estimate of drug-likeness (QED) is 0.847. The third-order valence-electron chi connectivity index (χ3n) is 3.24. The summed E-state index contributed by atoms with van der Waals surface area (Å²) < 4.78 is 37.8. The van der Waals surface area contributed by atoms with Crippen molar-refractivity contribution in [2.75, 3.05) is 11.0 Å². The maximum atomic E-state index is 12.9. The molecule has 2 aromatic rings. The summed E-state index contributed by atoms with van der Waals surface area (Å²) in [5.41, 5.74) is 1.12. The van der Waals surface area contributed by atoms with Crippen LogP contribution in [0.15, 0.2) is 42.5 Å². The number of benzene rings is 2. The molecule has 0 aliphatic carbocycles. The van der Waals surface area contributed by atoms with Gasteiger partial charge in [0.15, 0.2) is 0 Å². The number of carbonyl (C=O) groups excluding carboxylic acids is 1. The average Bonchev–Trinajstić information content (AvgIpc) is 2.48. The maximum Gasteiger partial charge on any atom is 0.251 e. The number of nitrogens with one attached hydrogen (secondary N) is 2. The summed E-state index contributed by atoms with van der Waals surface area (Å²) in [4.78, 5) is 12.3. The number of hydrogen-bond donors (Lipinski definition) is 2. The number of hydrogen-bond acceptors (Lipinski definition) is 3. The Bertz CT molecular complexity index is 854. The lowest BCUT2D eigenvalue weighted by molar-refractivity contribution is 0.0940. The van der Waals surface area contributed by atoms with E-state index >= 15 is 0 Å². The van der Waals surface area contributed by atoms with E-state index in [9.17, 15) is 17.6 Å². The van der Waals surface area contributed by atoms with Crippen molar-refractivity contribution in [3.63, 3.8) is 0 Å². The van der Waals surface area contributed by atoms with Crippen molar-refractivity contribution in [1.82, 2.24) is 5.32 Å². The van der Waals surface area contributed by atoms with Gasteiger partial charge in [-0.1, -0.05) is 23.7 Å². The zero-order valence-corrected chi connectivity index (χ0v) is 14.6. The summed E-state index contributed by atoms with van der Waals surface area (Å²) in [6.07, 6.45) is 0.993. The van der Waals surface area contributed by atoms with Crippen LogP contribution in [-0.4, -0.2) is 20.6 Å². The van der Waals surface area contributed by atoms with Crippen molar-refractivity contribution >= 4 is 33.2 Å². The summed E-state index contributed by atoms with van der Waals surface area (Å²) in [5.74, 6) is -0.758. The number of carbonyl (C=O) groups is 1. The van der Waals surface area contributed by atoms with Crippen molar-refractivity contribution in [3.8, 4) is 0 Å². The lowest BCUT2D eigenvalue weighted by Gasteiger charge is -2.15. The van der Waals surface area contributed by atoms with Gasteiger partial charge >= 0.3 is 0 Å². The molecule has 1 amide bonds. The normalized spacial score (nSPS) is 12.5. The Kier molecular flexibility index (Phi) is 5.46. The van der Waals surface area contributed by atoms with Crippen LogP contribution < -0.4 is 10.0 Å². The number of anilines is 1. The largest absolute Gasteiger partial charge is 0.346 e. The Morgan fingerprint density at radius 1 is 1.17 bits per heavy atom. The zero-order valence-electron chi connectivity index (χ0n) is 13.0. The van der Waals surface area contributed by atoms with Crippen molar-refractivity contribution in [3.05, 3.63) is 64.4 Å². The molecule has 0 aliphatic rings. The third-order valence-corrected chi connectivity index (χ3v) is 4.16. The number of amides is 1. The highest BCUT2D eigenvalue weighted by Gasteiger charge is 2.14. The number of halogens is 2. The first-order valence-electron chi connectivity index (χ1n) is 6.99. The zero-order chi connectivity index (χ0) is 17.9. The molecule has 8 heteroatoms. The SMILES string of the molecule is C[C@H](NC(=O)c1ccc(Cl)c(NS(C)(=O)=O)c1)c1ccc(F)cc1. The van der Waals surface area contributed by atoms with E-state index in [-0.39, 0.29) is 28.1 Å². The molecule has 0 fully saturated rings. The van der Waals surface area contributed by atoms with Crippen LogP contribution in [0.2, 0.25) is 5.02 Å². The molecule has 1 atom stereocenters. The van der Waals surface area contributed by atoms with Crippen molar-refractivity contribution in [2.24, 2.45) is 0 Å². The molecular weight excluding hydrogens is 355 g/mol. The average molecular weight is 371 g/mol. The van der Waals surface area contributed by atoms with Crippen molar-refractivity contribution in [1.29, 1.82) is 0 Å². The Morgan fingerprint density at radius 3 is 2.38 bits per heavy atom. The topological polar surface area (TPSA) is 75.3 Å². The standard InChI is InChI=1S/C16H16ClFN2O3S/c1-10(11-3-6-13(18)7-4-11)19-16(21)12-5-8-14(17)15(9-12)20-24(2,22)23/h3-10,20H,1-2H3,(H,19,21)/t10-/m0/s1. The molecule has 2 aromatic carbocycles. The first-order valence-corrected chi connectivity index (χ1v) is 9.26. The van der Waals surface area contributed by atoms with Gasteiger partial charge in [0.05, 0.1) is 23.0 Å². The predicted octanol–water partition coefficient (Wildman–Crippen LogP) is 3.34. The second-order valence-electron chi connectivity index (χ2n) is 5.32. The molecule has 2 N–H and O–H groups in total. The molecule has 0 aliphatic heterocycles. The molecule has 24 heavy (non-hydrogen) atoms. The van der Waals surface area contributed by atoms with Crippen molar-refractivity contribution in [2.45, 2.75) is 13.0 Å². The molecule has 0 saturated heterocycles. The number of rotatable bonds is 5. The van der Waals surface area contributed by atoms with Crippen molar-refractivity contribution < 1.29 is 17.6 Å². The number of sulfonamides is 1. The van der Waals surface area contributed by atoms with Gasteiger partial charge in [-0.05, 0) is 42.8 Å². The predicted molar refractivity (Wildman–Crippen MR) is 92.2 cm³/mol. The van der Waals surface area contributed by atoms with E-state index in [0.717, 1.165) is 11.8 Å². The fourth-order valence-corrected chi connectivity index (χ4v) is 2.85. The molecule has 5 nitrogen and oxygen atoms in total. The first-order chi connectivity index (χ1) is 11.2. The van der Waals surface area contributed by atoms with Gasteiger partial charge in [0, 0.05) is 5.56 Å². The van der Waals surface area contributed by atoms with Crippen LogP contribution in [0.25, 0.3) is 0 Å². The minimum Gasteiger partial charge on any atom is -0.346 e. The Labute approximate surface area is 144 Å². The monoisotopic (exact) mass is 370 g/mol. The Morgan fingerprint density at radius 2 is 1.79 bits per heavy atom. The van der Waals surface area contributed by atoms with Gasteiger partial charge in [0.2, 0.25) is 10.0 Å². The van der Waals surface area contributed by atoms with E-state index in [1.54, 1.807) is 19.1 Å². The third kappa shape index (κ3) is 4.94. The van der Waals surface area contributed by atoms with Crippen LogP contribution in [0.5, 0.6) is 0 Å². The van der Waals surface area contributed by atoms with Gasteiger partial charge in [0.25, 0.3) is 5.91 Å². The second-order valence-corrected chi connectivity index (χ2v) is 7.47. The van der Waals surface area contributed by atoms with E-state index < -0.39 is 15.9 Å². The van der Waals surface area contributed by atoms with Gasteiger partial charge in [-0.25, -0.2) is 12.8 Å². The van der Waals surface area contributed by atoms with Crippen LogP contribution >= 0.6 is 11.6 Å². The highest BCUT2D eigenvalue weighted by atomic mass is 35.5. The Hall–Kier alpha value is -2.12. The van der Waals surface area contributed by atoms with Crippen LogP contribution in [-0.2, 0) is 10.0 Å². The Balaban J connectivity index is 2.17. The smallest absolute Gasteiger partial charge is 0.251 e. The summed E-state index contributed by atoms with van der Waals surface area (Å²) in [5, 5.41) is 2.94. The van der Waals surface area contributed by atoms with Gasteiger partial charge in [-0.3, -0.25) is 9.52 Å². The molecule has 0 heterocycles. The fourth-order valence-electron chi connectivity index (χ4n) is 2.06. The minimum atomic E-state index is -3.51. The van der Waals surface area contributed by atoms with Gasteiger partial charge in [-0.2, -0.15) is 0 Å². The molecule has 0 spiro atoms. The summed E-state index contributed by atoms with van der Waals surface area (Å²) >= 11 is 5.93.